The van der Waals surface area contributed by atoms with Gasteiger partial charge in [0.25, 0.3) is 0 Å². The molecule has 0 spiro atoms. The fraction of sp³-hybridized carbons (Fsp3) is 1.00. The lowest BCUT2D eigenvalue weighted by Crippen LogP contribution is -2.64. The molecular weight excluding hydrogens is 543 g/mol. The number of methoxy groups -OCH3 is 1. The summed E-state index contributed by atoms with van der Waals surface area (Å²) in [6.07, 6.45) is 8.72. The molecule has 0 aliphatic heterocycles. The van der Waals surface area contributed by atoms with Gasteiger partial charge in [0.1, 0.15) is 42.7 Å². The van der Waals surface area contributed by atoms with Crippen LogP contribution in [0.4, 0.5) is 0 Å². The first-order chi connectivity index (χ1) is 19.1. The molecule has 8 atom stereocenters. The average molecular weight is 601 g/mol. The van der Waals surface area contributed by atoms with Crippen LogP contribution in [-0.4, -0.2) is 100 Å². The van der Waals surface area contributed by atoms with Crippen molar-refractivity contribution in [1.29, 1.82) is 0 Å². The Balaban J connectivity index is 2.05. The van der Waals surface area contributed by atoms with Crippen molar-refractivity contribution >= 4 is 7.82 Å². The van der Waals surface area contributed by atoms with Gasteiger partial charge >= 0.3 is 7.82 Å². The van der Waals surface area contributed by atoms with E-state index in [0.29, 0.717) is 6.61 Å². The lowest BCUT2D eigenvalue weighted by Gasteiger charge is -2.41. The van der Waals surface area contributed by atoms with Gasteiger partial charge in [0.2, 0.25) is 0 Å². The maximum absolute atomic E-state index is 12.3. The molecule has 1 unspecified atom stereocenters. The largest absolute Gasteiger partial charge is 0.472 e. The van der Waals surface area contributed by atoms with Gasteiger partial charge in [0.05, 0.1) is 13.2 Å². The molecule has 11 nitrogen and oxygen atoms in total. The number of unbranched alkanes of at least 4 members (excludes halogenated alkanes) is 15. The Morgan fingerprint density at radius 2 is 1.02 bits per heavy atom. The van der Waals surface area contributed by atoms with Gasteiger partial charge in [0, 0.05) is 13.7 Å². The lowest BCUT2D eigenvalue weighted by atomic mass is 9.85. The summed E-state index contributed by atoms with van der Waals surface area (Å²) in [5, 5.41) is 49.0. The summed E-state index contributed by atoms with van der Waals surface area (Å²) in [5.74, 6) is 0. The minimum absolute atomic E-state index is 0.132. The van der Waals surface area contributed by atoms with Gasteiger partial charge in [-0.15, -0.1) is 0 Å². The monoisotopic (exact) mass is 600 g/mol. The number of aliphatic hydroxyl groups excluding tert-OH is 5. The zero-order chi connectivity index (χ0) is 29.8. The van der Waals surface area contributed by atoms with Crippen molar-refractivity contribution in [1.82, 2.24) is 0 Å². The Bertz CT molecular complexity index is 640. The van der Waals surface area contributed by atoms with E-state index in [4.69, 9.17) is 18.5 Å². The standard InChI is InChI=1S/C28H57O11P/c1-3-4-5-6-7-8-9-10-11-12-13-14-15-16-17-18-19-37-20-22(36-2)21-38-40(34,35)39-28-26(32)24(30)23(29)25(31)27(28)33/h22-33H,3-21H2,1-2H3,(H,34,35)/t22-,23-,24-,25+,26-,27-,28-/m1/s1. The molecule has 0 aromatic carbocycles. The molecule has 240 valence electrons. The van der Waals surface area contributed by atoms with Crippen LogP contribution in [0.3, 0.4) is 0 Å². The van der Waals surface area contributed by atoms with Gasteiger partial charge < -0.3 is 39.9 Å². The smallest absolute Gasteiger partial charge is 0.387 e. The molecule has 0 aromatic heterocycles. The summed E-state index contributed by atoms with van der Waals surface area (Å²) in [6.45, 7) is 2.55. The average Bonchev–Trinajstić information content (AvgIpc) is 2.94. The molecule has 1 rings (SSSR count). The second-order valence-corrected chi connectivity index (χ2v) is 12.4. The summed E-state index contributed by atoms with van der Waals surface area (Å²) < 4.78 is 32.8. The number of aliphatic hydroxyl groups is 5. The molecule has 1 fully saturated rings. The Hall–Kier alpha value is -0.170. The molecule has 1 aliphatic rings. The van der Waals surface area contributed by atoms with Gasteiger partial charge in [-0.2, -0.15) is 0 Å². The van der Waals surface area contributed by atoms with Crippen LogP contribution in [0.15, 0.2) is 0 Å². The Morgan fingerprint density at radius 3 is 1.45 bits per heavy atom. The molecule has 0 saturated heterocycles. The van der Waals surface area contributed by atoms with Crippen molar-refractivity contribution in [2.24, 2.45) is 0 Å². The van der Waals surface area contributed by atoms with Crippen molar-refractivity contribution in [3.63, 3.8) is 0 Å². The first-order valence-corrected chi connectivity index (χ1v) is 16.8. The third kappa shape index (κ3) is 15.9. The highest BCUT2D eigenvalue weighted by molar-refractivity contribution is 7.47. The number of ether oxygens (including phenoxy) is 2. The Kier molecular flexibility index (Phi) is 21.2. The van der Waals surface area contributed by atoms with E-state index in [0.717, 1.165) is 12.8 Å². The third-order valence-electron chi connectivity index (χ3n) is 7.53. The van der Waals surface area contributed by atoms with E-state index in [-0.39, 0.29) is 13.2 Å². The van der Waals surface area contributed by atoms with Crippen molar-refractivity contribution in [3.8, 4) is 0 Å². The lowest BCUT2D eigenvalue weighted by molar-refractivity contribution is -0.220. The topological polar surface area (TPSA) is 175 Å². The first-order valence-electron chi connectivity index (χ1n) is 15.3. The molecule has 40 heavy (non-hydrogen) atoms. The summed E-state index contributed by atoms with van der Waals surface area (Å²) in [4.78, 5) is 9.98. The van der Waals surface area contributed by atoms with E-state index in [9.17, 15) is 35.0 Å². The van der Waals surface area contributed by atoms with Crippen LogP contribution < -0.4 is 0 Å². The molecule has 6 N–H and O–H groups in total. The highest BCUT2D eigenvalue weighted by Gasteiger charge is 2.51. The fourth-order valence-corrected chi connectivity index (χ4v) is 5.81. The van der Waals surface area contributed by atoms with E-state index in [2.05, 4.69) is 6.92 Å². The van der Waals surface area contributed by atoms with Crippen LogP contribution in [0, 0.1) is 0 Å². The molecule has 1 aliphatic carbocycles. The molecule has 1 saturated carbocycles. The highest BCUT2D eigenvalue weighted by atomic mass is 31.2. The summed E-state index contributed by atoms with van der Waals surface area (Å²) in [5.41, 5.74) is 0. The predicted molar refractivity (Wildman–Crippen MR) is 152 cm³/mol. The Labute approximate surface area is 240 Å². The minimum Gasteiger partial charge on any atom is -0.387 e. The van der Waals surface area contributed by atoms with Crippen LogP contribution in [-0.2, 0) is 23.1 Å². The maximum atomic E-state index is 12.3. The van der Waals surface area contributed by atoms with E-state index in [1.54, 1.807) is 0 Å². The number of rotatable bonds is 25. The number of phosphoric acid groups is 1. The van der Waals surface area contributed by atoms with Crippen molar-refractivity contribution < 1.29 is 53.5 Å². The zero-order valence-electron chi connectivity index (χ0n) is 24.6. The van der Waals surface area contributed by atoms with Gasteiger partial charge in [-0.05, 0) is 6.42 Å². The zero-order valence-corrected chi connectivity index (χ0v) is 25.5. The highest BCUT2D eigenvalue weighted by Crippen LogP contribution is 2.47. The first kappa shape index (κ1) is 37.9. The number of hydrogen-bond acceptors (Lipinski definition) is 10. The second-order valence-electron chi connectivity index (χ2n) is 11.0. The van der Waals surface area contributed by atoms with Crippen LogP contribution in [0.2, 0.25) is 0 Å². The van der Waals surface area contributed by atoms with Crippen LogP contribution in [0.25, 0.3) is 0 Å². The number of hydrogen-bond donors (Lipinski definition) is 6. The van der Waals surface area contributed by atoms with Gasteiger partial charge in [-0.1, -0.05) is 103 Å². The van der Waals surface area contributed by atoms with Gasteiger partial charge in [0.15, 0.2) is 0 Å². The number of phosphoric ester groups is 1. The van der Waals surface area contributed by atoms with Crippen LogP contribution in [0.5, 0.6) is 0 Å². The maximum Gasteiger partial charge on any atom is 0.472 e. The van der Waals surface area contributed by atoms with E-state index in [1.807, 2.05) is 0 Å². The normalized spacial score (nSPS) is 27.5. The van der Waals surface area contributed by atoms with Crippen LogP contribution >= 0.6 is 7.82 Å². The molecule has 0 radical (unpaired) electrons. The Morgan fingerprint density at radius 1 is 0.625 bits per heavy atom. The molecular formula is C28H57O11P. The summed E-state index contributed by atoms with van der Waals surface area (Å²) in [6, 6.07) is 0. The minimum atomic E-state index is -4.81. The van der Waals surface area contributed by atoms with Crippen LogP contribution in [0.1, 0.15) is 110 Å². The quantitative estimate of drug-likeness (QED) is 0.0667. The second kappa shape index (κ2) is 22.4. The molecule has 0 amide bonds. The van der Waals surface area contributed by atoms with Gasteiger partial charge in [-0.3, -0.25) is 9.05 Å². The third-order valence-corrected chi connectivity index (χ3v) is 8.52. The summed E-state index contributed by atoms with van der Waals surface area (Å²) >= 11 is 0. The fourth-order valence-electron chi connectivity index (χ4n) is 4.83. The molecule has 12 heteroatoms. The molecule has 0 aromatic rings. The van der Waals surface area contributed by atoms with E-state index < -0.39 is 50.6 Å². The van der Waals surface area contributed by atoms with Gasteiger partial charge in [-0.25, -0.2) is 4.57 Å². The SMILES string of the molecule is CCCCCCCCCCCCCCCCCCOC[C@H](COP(=O)(O)O[C@@H]1[C@H](O)[C@H](O)[C@@H](O)[C@H](O)[C@H]1O)OC. The summed E-state index contributed by atoms with van der Waals surface area (Å²) in [7, 11) is -3.41. The molecule has 0 bridgehead atoms. The van der Waals surface area contributed by atoms with Crippen molar-refractivity contribution in [2.75, 3.05) is 26.9 Å². The molecule has 0 heterocycles. The van der Waals surface area contributed by atoms with Crippen molar-refractivity contribution in [2.45, 2.75) is 152 Å². The van der Waals surface area contributed by atoms with Crippen molar-refractivity contribution in [3.05, 3.63) is 0 Å². The predicted octanol–water partition coefficient (Wildman–Crippen LogP) is 3.60. The van der Waals surface area contributed by atoms with E-state index >= 15 is 0 Å². The van der Waals surface area contributed by atoms with E-state index in [1.165, 1.54) is 97.0 Å².